The van der Waals surface area contributed by atoms with Gasteiger partial charge in [0.2, 0.25) is 0 Å². The van der Waals surface area contributed by atoms with Gasteiger partial charge in [-0.15, -0.1) is 0 Å². The molecule has 4 nitrogen and oxygen atoms in total. The molecule has 1 heterocycles. The molecule has 2 rings (SSSR count). The van der Waals surface area contributed by atoms with E-state index < -0.39 is 0 Å². The fraction of sp³-hybridized carbons (Fsp3) is 0.357. The van der Waals surface area contributed by atoms with Crippen LogP contribution < -0.4 is 11.1 Å². The molecule has 3 N–H and O–H groups in total. The number of para-hydroxylation sites is 1. The summed E-state index contributed by atoms with van der Waals surface area (Å²) in [6.07, 6.45) is 3.38. The number of carbonyl (C=O) groups excluding carboxylic acids is 1. The van der Waals surface area contributed by atoms with E-state index in [0.717, 1.165) is 23.8 Å². The number of amides is 1. The molecule has 18 heavy (non-hydrogen) atoms. The highest BCUT2D eigenvalue weighted by Crippen LogP contribution is 2.20. The molecule has 1 atom stereocenters. The van der Waals surface area contributed by atoms with E-state index in [4.69, 9.17) is 10.2 Å². The van der Waals surface area contributed by atoms with Crippen molar-refractivity contribution < 1.29 is 9.21 Å². The Morgan fingerprint density at radius 2 is 2.22 bits per heavy atom. The first kappa shape index (κ1) is 12.6. The number of hydrogen-bond donors (Lipinski definition) is 2. The summed E-state index contributed by atoms with van der Waals surface area (Å²) < 4.78 is 5.35. The van der Waals surface area contributed by atoms with E-state index in [0.29, 0.717) is 12.1 Å². The first-order valence-electron chi connectivity index (χ1n) is 6.23. The average Bonchev–Trinajstić information content (AvgIpc) is 2.82. The van der Waals surface area contributed by atoms with Crippen molar-refractivity contribution in [3.05, 3.63) is 36.1 Å². The SMILES string of the molecule is CCCC(CN)NC(=O)c1coc2ccccc12. The van der Waals surface area contributed by atoms with Crippen molar-refractivity contribution in [2.45, 2.75) is 25.8 Å². The minimum atomic E-state index is -0.121. The first-order valence-corrected chi connectivity index (χ1v) is 6.23. The Morgan fingerprint density at radius 3 is 2.94 bits per heavy atom. The van der Waals surface area contributed by atoms with Crippen molar-refractivity contribution in [1.29, 1.82) is 0 Å². The maximum absolute atomic E-state index is 12.1. The van der Waals surface area contributed by atoms with E-state index in [-0.39, 0.29) is 11.9 Å². The van der Waals surface area contributed by atoms with Gasteiger partial charge in [0.15, 0.2) is 0 Å². The standard InChI is InChI=1S/C14H18N2O2/c1-2-5-10(8-15)16-14(17)12-9-18-13-7-4-3-6-11(12)13/h3-4,6-7,9-10H,2,5,8,15H2,1H3,(H,16,17). The third-order valence-corrected chi connectivity index (χ3v) is 2.98. The molecule has 0 aliphatic heterocycles. The Hall–Kier alpha value is -1.81. The second-order valence-electron chi connectivity index (χ2n) is 4.34. The van der Waals surface area contributed by atoms with Crippen LogP contribution in [0.1, 0.15) is 30.1 Å². The molecule has 0 fully saturated rings. The smallest absolute Gasteiger partial charge is 0.255 e. The largest absolute Gasteiger partial charge is 0.463 e. The monoisotopic (exact) mass is 246 g/mol. The maximum atomic E-state index is 12.1. The highest BCUT2D eigenvalue weighted by molar-refractivity contribution is 6.05. The van der Waals surface area contributed by atoms with Crippen molar-refractivity contribution in [3.8, 4) is 0 Å². The van der Waals surface area contributed by atoms with Crippen LogP contribution in [0, 0.1) is 0 Å². The Bertz CT molecular complexity index is 533. The summed E-state index contributed by atoms with van der Waals surface area (Å²) >= 11 is 0. The van der Waals surface area contributed by atoms with Crippen LogP contribution in [0.3, 0.4) is 0 Å². The molecule has 1 unspecified atom stereocenters. The Labute approximate surface area is 106 Å². The van der Waals surface area contributed by atoms with E-state index in [2.05, 4.69) is 12.2 Å². The molecule has 1 aromatic carbocycles. The van der Waals surface area contributed by atoms with E-state index in [1.54, 1.807) is 0 Å². The molecule has 0 saturated carbocycles. The van der Waals surface area contributed by atoms with E-state index in [1.165, 1.54) is 6.26 Å². The average molecular weight is 246 g/mol. The fourth-order valence-corrected chi connectivity index (χ4v) is 2.01. The highest BCUT2D eigenvalue weighted by atomic mass is 16.3. The van der Waals surface area contributed by atoms with E-state index in [1.807, 2.05) is 24.3 Å². The second-order valence-corrected chi connectivity index (χ2v) is 4.34. The molecule has 0 aliphatic carbocycles. The van der Waals surface area contributed by atoms with Crippen LogP contribution in [0.5, 0.6) is 0 Å². The summed E-state index contributed by atoms with van der Waals surface area (Å²) in [4.78, 5) is 12.1. The molecule has 0 saturated heterocycles. The summed E-state index contributed by atoms with van der Waals surface area (Å²) in [5, 5.41) is 3.77. The summed E-state index contributed by atoms with van der Waals surface area (Å²) in [6, 6.07) is 7.52. The van der Waals surface area contributed by atoms with Gasteiger partial charge in [-0.25, -0.2) is 0 Å². The Balaban J connectivity index is 2.18. The van der Waals surface area contributed by atoms with Crippen LogP contribution in [-0.4, -0.2) is 18.5 Å². The van der Waals surface area contributed by atoms with Gasteiger partial charge in [-0.1, -0.05) is 31.5 Å². The normalized spacial score (nSPS) is 12.6. The van der Waals surface area contributed by atoms with Crippen LogP contribution in [0.4, 0.5) is 0 Å². The molecular weight excluding hydrogens is 228 g/mol. The van der Waals surface area contributed by atoms with Gasteiger partial charge >= 0.3 is 0 Å². The number of carbonyl (C=O) groups is 1. The van der Waals surface area contributed by atoms with Gasteiger partial charge < -0.3 is 15.5 Å². The molecular formula is C14H18N2O2. The van der Waals surface area contributed by atoms with Crippen LogP contribution in [-0.2, 0) is 0 Å². The topological polar surface area (TPSA) is 68.3 Å². The number of nitrogens with two attached hydrogens (primary N) is 1. The second kappa shape index (κ2) is 5.69. The van der Waals surface area contributed by atoms with Crippen LogP contribution >= 0.6 is 0 Å². The third-order valence-electron chi connectivity index (χ3n) is 2.98. The quantitative estimate of drug-likeness (QED) is 0.850. The van der Waals surface area contributed by atoms with Gasteiger partial charge in [0.05, 0.1) is 5.56 Å². The molecule has 0 bridgehead atoms. The molecule has 0 aliphatic rings. The number of rotatable bonds is 5. The van der Waals surface area contributed by atoms with Gasteiger partial charge in [0.25, 0.3) is 5.91 Å². The number of furan rings is 1. The zero-order valence-corrected chi connectivity index (χ0v) is 10.5. The maximum Gasteiger partial charge on any atom is 0.255 e. The first-order chi connectivity index (χ1) is 8.76. The van der Waals surface area contributed by atoms with Gasteiger partial charge in [0.1, 0.15) is 11.8 Å². The summed E-state index contributed by atoms with van der Waals surface area (Å²) in [7, 11) is 0. The fourth-order valence-electron chi connectivity index (χ4n) is 2.01. The summed E-state index contributed by atoms with van der Waals surface area (Å²) in [6.45, 7) is 2.53. The van der Waals surface area contributed by atoms with Crippen molar-refractivity contribution in [2.75, 3.05) is 6.54 Å². The van der Waals surface area contributed by atoms with Crippen LogP contribution in [0.2, 0.25) is 0 Å². The summed E-state index contributed by atoms with van der Waals surface area (Å²) in [5.74, 6) is -0.121. The molecule has 4 heteroatoms. The van der Waals surface area contributed by atoms with E-state index in [9.17, 15) is 4.79 Å². The molecule has 1 aromatic heterocycles. The number of nitrogens with one attached hydrogen (secondary N) is 1. The van der Waals surface area contributed by atoms with E-state index >= 15 is 0 Å². The lowest BCUT2D eigenvalue weighted by atomic mass is 10.1. The predicted octanol–water partition coefficient (Wildman–Crippen LogP) is 2.29. The van der Waals surface area contributed by atoms with Gasteiger partial charge in [0, 0.05) is 18.0 Å². The molecule has 2 aromatic rings. The van der Waals surface area contributed by atoms with Crippen molar-refractivity contribution >= 4 is 16.9 Å². The van der Waals surface area contributed by atoms with Crippen molar-refractivity contribution in [3.63, 3.8) is 0 Å². The minimum absolute atomic E-state index is 0.0242. The molecule has 0 spiro atoms. The zero-order chi connectivity index (χ0) is 13.0. The number of fused-ring (bicyclic) bond motifs is 1. The minimum Gasteiger partial charge on any atom is -0.463 e. The van der Waals surface area contributed by atoms with Crippen molar-refractivity contribution in [1.82, 2.24) is 5.32 Å². The highest BCUT2D eigenvalue weighted by Gasteiger charge is 2.16. The number of benzene rings is 1. The number of hydrogen-bond acceptors (Lipinski definition) is 3. The Kier molecular flexibility index (Phi) is 3.99. The van der Waals surface area contributed by atoms with Crippen molar-refractivity contribution in [2.24, 2.45) is 5.73 Å². The summed E-state index contributed by atoms with van der Waals surface area (Å²) in [5.41, 5.74) is 6.93. The van der Waals surface area contributed by atoms with Gasteiger partial charge in [-0.2, -0.15) is 0 Å². The van der Waals surface area contributed by atoms with Crippen LogP contribution in [0.15, 0.2) is 34.9 Å². The molecule has 1 amide bonds. The predicted molar refractivity (Wildman–Crippen MR) is 71.4 cm³/mol. The van der Waals surface area contributed by atoms with Gasteiger partial charge in [-0.05, 0) is 12.5 Å². The lowest BCUT2D eigenvalue weighted by molar-refractivity contribution is 0.0937. The van der Waals surface area contributed by atoms with Gasteiger partial charge in [-0.3, -0.25) is 4.79 Å². The van der Waals surface area contributed by atoms with Crippen LogP contribution in [0.25, 0.3) is 11.0 Å². The molecule has 0 radical (unpaired) electrons. The lowest BCUT2D eigenvalue weighted by Gasteiger charge is -2.15. The zero-order valence-electron chi connectivity index (χ0n) is 10.5. The molecule has 96 valence electrons. The third kappa shape index (κ3) is 2.54. The Morgan fingerprint density at radius 1 is 1.44 bits per heavy atom. The lowest BCUT2D eigenvalue weighted by Crippen LogP contribution is -2.39.